The Balaban J connectivity index is 1.19. The second-order valence-electron chi connectivity index (χ2n) is 11.6. The molecule has 1 amide bonds. The van der Waals surface area contributed by atoms with E-state index in [0.29, 0.717) is 42.8 Å². The summed E-state index contributed by atoms with van der Waals surface area (Å²) in [5.74, 6) is 0.430. The van der Waals surface area contributed by atoms with Gasteiger partial charge in [0.25, 0.3) is 5.91 Å². The number of hydrogen-bond donors (Lipinski definition) is 0. The summed E-state index contributed by atoms with van der Waals surface area (Å²) < 4.78 is 49.9. The lowest BCUT2D eigenvalue weighted by Gasteiger charge is -2.42. The van der Waals surface area contributed by atoms with Crippen LogP contribution in [0.4, 0.5) is 18.9 Å². The summed E-state index contributed by atoms with van der Waals surface area (Å²) in [6.45, 7) is 3.18. The van der Waals surface area contributed by atoms with Crippen molar-refractivity contribution in [3.63, 3.8) is 0 Å². The summed E-state index contributed by atoms with van der Waals surface area (Å²) in [7, 11) is 1.89. The lowest BCUT2D eigenvalue weighted by atomic mass is 9.75. The quantitative estimate of drug-likeness (QED) is 0.487. The molecule has 0 radical (unpaired) electrons. The van der Waals surface area contributed by atoms with Gasteiger partial charge in [-0.3, -0.25) is 9.69 Å². The van der Waals surface area contributed by atoms with Crippen LogP contribution in [0.2, 0.25) is 0 Å². The maximum Gasteiger partial charge on any atom is 0.416 e. The van der Waals surface area contributed by atoms with Crippen LogP contribution in [0.25, 0.3) is 0 Å². The number of halogens is 3. The predicted octanol–water partition coefficient (Wildman–Crippen LogP) is 4.10. The molecule has 2 saturated heterocycles. The fourth-order valence-corrected chi connectivity index (χ4v) is 6.28. The van der Waals surface area contributed by atoms with Gasteiger partial charge < -0.3 is 14.2 Å². The highest BCUT2D eigenvalue weighted by molar-refractivity contribution is 6.10. The number of likely N-dealkylation sites (tertiary alicyclic amines) is 1. The van der Waals surface area contributed by atoms with Crippen molar-refractivity contribution >= 4 is 11.6 Å². The third kappa shape index (κ3) is 3.84. The summed E-state index contributed by atoms with van der Waals surface area (Å²) in [4.78, 5) is 17.2. The largest absolute Gasteiger partial charge is 0.416 e. The van der Waals surface area contributed by atoms with Gasteiger partial charge in [-0.25, -0.2) is 0 Å². The summed E-state index contributed by atoms with van der Waals surface area (Å²) in [5, 5.41) is 8.18. The van der Waals surface area contributed by atoms with Crippen molar-refractivity contribution in [2.24, 2.45) is 12.5 Å². The van der Waals surface area contributed by atoms with Crippen molar-refractivity contribution in [2.45, 2.75) is 43.9 Å². The van der Waals surface area contributed by atoms with Crippen LogP contribution in [-0.2, 0) is 42.9 Å². The van der Waals surface area contributed by atoms with Crippen molar-refractivity contribution < 1.29 is 22.7 Å². The van der Waals surface area contributed by atoms with E-state index in [-0.39, 0.29) is 29.0 Å². The first-order chi connectivity index (χ1) is 18.1. The van der Waals surface area contributed by atoms with Gasteiger partial charge in [-0.2, -0.15) is 13.2 Å². The fraction of sp³-hybridized carbons (Fsp3) is 0.464. The summed E-state index contributed by atoms with van der Waals surface area (Å²) in [6, 6.07) is 10.4. The molecule has 4 heterocycles. The van der Waals surface area contributed by atoms with E-state index < -0.39 is 11.7 Å². The minimum atomic E-state index is -4.53. The molecular formula is C28H28F3N5O2. The Labute approximate surface area is 218 Å². The number of anilines is 1. The van der Waals surface area contributed by atoms with Gasteiger partial charge in [-0.15, -0.1) is 10.2 Å². The average molecular weight is 524 g/mol. The molecular weight excluding hydrogens is 495 g/mol. The number of carbonyl (C=O) groups excluding carboxylic acids is 1. The lowest BCUT2D eigenvalue weighted by molar-refractivity contribution is -0.138. The van der Waals surface area contributed by atoms with Crippen LogP contribution in [0.5, 0.6) is 0 Å². The van der Waals surface area contributed by atoms with E-state index in [1.165, 1.54) is 23.8 Å². The van der Waals surface area contributed by atoms with E-state index in [1.54, 1.807) is 18.5 Å². The molecule has 7 nitrogen and oxygen atoms in total. The number of benzene rings is 2. The van der Waals surface area contributed by atoms with Crippen LogP contribution in [-0.4, -0.2) is 51.9 Å². The fourth-order valence-electron chi connectivity index (χ4n) is 6.28. The molecule has 198 valence electrons. The van der Waals surface area contributed by atoms with Gasteiger partial charge in [0.05, 0.1) is 25.3 Å². The Kier molecular flexibility index (Phi) is 5.10. The first-order valence-corrected chi connectivity index (χ1v) is 12.9. The molecule has 3 aromatic rings. The molecule has 3 fully saturated rings. The van der Waals surface area contributed by atoms with Crippen LogP contribution in [0.3, 0.4) is 0 Å². The van der Waals surface area contributed by atoms with Crippen LogP contribution in [0.1, 0.15) is 51.3 Å². The topological polar surface area (TPSA) is 63.5 Å². The Morgan fingerprint density at radius 1 is 1.11 bits per heavy atom. The zero-order valence-corrected chi connectivity index (χ0v) is 21.1. The molecule has 3 aliphatic heterocycles. The van der Waals surface area contributed by atoms with Gasteiger partial charge in [-0.1, -0.05) is 12.1 Å². The van der Waals surface area contributed by atoms with E-state index in [9.17, 15) is 18.0 Å². The van der Waals surface area contributed by atoms with Crippen LogP contribution < -0.4 is 4.90 Å². The number of ether oxygens (including phenoxy) is 1. The van der Waals surface area contributed by atoms with Gasteiger partial charge in [0.1, 0.15) is 12.2 Å². The van der Waals surface area contributed by atoms with Crippen molar-refractivity contribution in [1.82, 2.24) is 19.7 Å². The van der Waals surface area contributed by atoms with Gasteiger partial charge in [0.2, 0.25) is 0 Å². The number of hydrogen-bond acceptors (Lipinski definition) is 5. The van der Waals surface area contributed by atoms with Crippen molar-refractivity contribution in [3.8, 4) is 0 Å². The van der Waals surface area contributed by atoms with E-state index in [0.717, 1.165) is 24.5 Å². The summed E-state index contributed by atoms with van der Waals surface area (Å²) >= 11 is 0. The molecule has 1 aromatic heterocycles. The van der Waals surface area contributed by atoms with E-state index in [4.69, 9.17) is 4.74 Å². The van der Waals surface area contributed by atoms with Crippen molar-refractivity contribution in [1.29, 1.82) is 0 Å². The van der Waals surface area contributed by atoms with Crippen molar-refractivity contribution in [2.75, 3.05) is 31.2 Å². The molecule has 2 aromatic carbocycles. The molecule has 0 bridgehead atoms. The predicted molar refractivity (Wildman–Crippen MR) is 133 cm³/mol. The molecule has 7 rings (SSSR count). The van der Waals surface area contributed by atoms with Crippen LogP contribution >= 0.6 is 0 Å². The van der Waals surface area contributed by atoms with Crippen molar-refractivity contribution in [3.05, 3.63) is 76.4 Å². The van der Waals surface area contributed by atoms with Crippen LogP contribution in [0, 0.1) is 5.41 Å². The van der Waals surface area contributed by atoms with E-state index in [1.807, 2.05) is 29.8 Å². The minimum Gasteiger partial charge on any atom is -0.379 e. The lowest BCUT2D eigenvalue weighted by Crippen LogP contribution is -2.49. The highest BCUT2D eigenvalue weighted by atomic mass is 19.4. The SMILES string of the molecule is Cn1cnnc1CC1(c2cccc(N3Cc4c(cc(CN5CC6(CC6)C5)cc4C(F)(F)F)C3=O)c2)COC1. The third-order valence-electron chi connectivity index (χ3n) is 8.72. The molecule has 1 aliphatic carbocycles. The number of nitrogens with zero attached hydrogens (tertiary/aromatic N) is 5. The maximum absolute atomic E-state index is 14.2. The smallest absolute Gasteiger partial charge is 0.379 e. The Morgan fingerprint density at radius 3 is 2.53 bits per heavy atom. The summed E-state index contributed by atoms with van der Waals surface area (Å²) in [5.41, 5.74) is 1.69. The summed E-state index contributed by atoms with van der Waals surface area (Å²) in [6.07, 6.45) is 0.145. The van der Waals surface area contributed by atoms with Gasteiger partial charge >= 0.3 is 6.18 Å². The number of carbonyl (C=O) groups is 1. The highest BCUT2D eigenvalue weighted by Gasteiger charge is 2.52. The molecule has 0 atom stereocenters. The molecule has 0 unspecified atom stereocenters. The number of aromatic nitrogens is 3. The number of amides is 1. The Bertz CT molecular complexity index is 1430. The second kappa shape index (κ2) is 8.13. The zero-order chi connectivity index (χ0) is 26.3. The molecule has 38 heavy (non-hydrogen) atoms. The second-order valence-corrected chi connectivity index (χ2v) is 11.6. The minimum absolute atomic E-state index is 0.0553. The molecule has 10 heteroatoms. The monoisotopic (exact) mass is 523 g/mol. The number of aryl methyl sites for hydroxylation is 1. The van der Waals surface area contributed by atoms with Gasteiger partial charge in [-0.05, 0) is 59.2 Å². The molecule has 1 spiro atoms. The molecule has 1 saturated carbocycles. The normalized spacial score (nSPS) is 21.4. The first kappa shape index (κ1) is 23.8. The van der Waals surface area contributed by atoms with Gasteiger partial charge in [0.15, 0.2) is 0 Å². The van der Waals surface area contributed by atoms with Crippen LogP contribution in [0.15, 0.2) is 42.7 Å². The Hall–Kier alpha value is -3.24. The average Bonchev–Trinajstić information content (AvgIpc) is 3.42. The third-order valence-corrected chi connectivity index (χ3v) is 8.72. The number of fused-ring (bicyclic) bond motifs is 1. The van der Waals surface area contributed by atoms with Gasteiger partial charge in [0, 0.05) is 49.8 Å². The molecule has 4 aliphatic rings. The molecule has 0 N–H and O–H groups in total. The Morgan fingerprint density at radius 2 is 1.89 bits per heavy atom. The standard InChI is InChI=1S/C28H28F3N5O2/c1-34-17-32-33-24(34)10-27(15-38-16-27)19-3-2-4-20(9-19)36-12-22-21(25(36)37)7-18(8-23(22)28(29,30)31)11-35-13-26(14-35)5-6-26/h2-4,7-9,17H,5-6,10-16H2,1H3. The first-order valence-electron chi connectivity index (χ1n) is 12.9. The van der Waals surface area contributed by atoms with E-state index >= 15 is 0 Å². The maximum atomic E-state index is 14.2. The highest BCUT2D eigenvalue weighted by Crippen LogP contribution is 2.53. The number of rotatable bonds is 6. The van der Waals surface area contributed by atoms with E-state index in [2.05, 4.69) is 15.1 Å². The zero-order valence-electron chi connectivity index (χ0n) is 21.1. The number of alkyl halides is 3.